The maximum Gasteiger partial charge on any atom is 0.407 e. The topological polar surface area (TPSA) is 94.1 Å². The van der Waals surface area contributed by atoms with Crippen molar-refractivity contribution in [1.29, 1.82) is 0 Å². The van der Waals surface area contributed by atoms with Gasteiger partial charge in [-0.2, -0.15) is 0 Å². The van der Waals surface area contributed by atoms with Crippen molar-refractivity contribution in [3.05, 3.63) is 65.7 Å². The number of amides is 1. The Labute approximate surface area is 235 Å². The quantitative estimate of drug-likeness (QED) is 0.277. The van der Waals surface area contributed by atoms with Gasteiger partial charge in [0.15, 0.2) is 8.32 Å². The number of carboxylic acids is 1. The van der Waals surface area contributed by atoms with Crippen molar-refractivity contribution in [2.45, 2.75) is 96.7 Å². The minimum absolute atomic E-state index is 0.108. The summed E-state index contributed by atoms with van der Waals surface area (Å²) in [4.78, 5) is 25.5. The van der Waals surface area contributed by atoms with Crippen molar-refractivity contribution in [1.82, 2.24) is 5.32 Å². The lowest BCUT2D eigenvalue weighted by Crippen LogP contribution is -2.54. The van der Waals surface area contributed by atoms with Gasteiger partial charge in [0.2, 0.25) is 0 Å². The van der Waals surface area contributed by atoms with Gasteiger partial charge in [0, 0.05) is 0 Å². The molecule has 2 rings (SSSR count). The maximum atomic E-state index is 13.0. The van der Waals surface area contributed by atoms with E-state index >= 15 is 0 Å². The predicted molar refractivity (Wildman–Crippen MR) is 158 cm³/mol. The lowest BCUT2D eigenvalue weighted by atomic mass is 9.89. The molecule has 39 heavy (non-hydrogen) atoms. The smallest absolute Gasteiger partial charge is 0.407 e. The number of benzene rings is 2. The van der Waals surface area contributed by atoms with Gasteiger partial charge in [0.1, 0.15) is 11.4 Å². The Morgan fingerprint density at radius 1 is 0.897 bits per heavy atom. The fourth-order valence-electron chi connectivity index (χ4n) is 4.05. The molecule has 0 bridgehead atoms. The van der Waals surface area contributed by atoms with E-state index in [1.165, 1.54) is 0 Å². The number of hydrogen-bond donors (Lipinski definition) is 2. The Bertz CT molecular complexity index is 1060. The molecule has 0 heterocycles. The summed E-state index contributed by atoms with van der Waals surface area (Å²) in [5.41, 5.74) is 1.24. The predicted octanol–water partition coefficient (Wildman–Crippen LogP) is 6.86. The van der Waals surface area contributed by atoms with Gasteiger partial charge >= 0.3 is 12.1 Å². The van der Waals surface area contributed by atoms with E-state index in [0.29, 0.717) is 18.6 Å². The van der Waals surface area contributed by atoms with Crippen LogP contribution >= 0.6 is 0 Å². The number of alkyl carbamates (subject to hydrolysis) is 1. The van der Waals surface area contributed by atoms with Crippen LogP contribution in [0.15, 0.2) is 54.6 Å². The summed E-state index contributed by atoms with van der Waals surface area (Å²) in [5, 5.41) is 13.2. The van der Waals surface area contributed by atoms with Crippen LogP contribution < -0.4 is 10.1 Å². The zero-order valence-electron chi connectivity index (χ0n) is 25.0. The van der Waals surface area contributed by atoms with Crippen molar-refractivity contribution >= 4 is 20.4 Å². The number of carboxylic acid groups (broad SMARTS) is 1. The number of hydrogen-bond acceptors (Lipinski definition) is 5. The summed E-state index contributed by atoms with van der Waals surface area (Å²) in [6.45, 7) is 16.2. The Morgan fingerprint density at radius 3 is 1.95 bits per heavy atom. The average molecular weight is 558 g/mol. The van der Waals surface area contributed by atoms with Gasteiger partial charge in [-0.1, -0.05) is 63.2 Å². The Kier molecular flexibility index (Phi) is 11.2. The Hall–Kier alpha value is -2.84. The normalized spacial score (nSPS) is 14.7. The molecule has 0 aliphatic heterocycles. The molecule has 1 amide bonds. The van der Waals surface area contributed by atoms with Crippen molar-refractivity contribution in [3.8, 4) is 5.75 Å². The van der Waals surface area contributed by atoms with E-state index in [-0.39, 0.29) is 11.5 Å². The fourth-order valence-corrected chi connectivity index (χ4v) is 5.42. The molecular formula is C31H47NO6Si. The molecule has 0 saturated heterocycles. The van der Waals surface area contributed by atoms with Gasteiger partial charge in [-0.3, -0.25) is 4.79 Å². The summed E-state index contributed by atoms with van der Waals surface area (Å²) in [7, 11) is -0.754. The van der Waals surface area contributed by atoms with E-state index in [9.17, 15) is 14.7 Å². The highest BCUT2D eigenvalue weighted by atomic mass is 28.4. The third-order valence-electron chi connectivity index (χ3n) is 7.21. The molecule has 7 nitrogen and oxygen atoms in total. The Balaban J connectivity index is 2.47. The Morgan fingerprint density at radius 2 is 1.46 bits per heavy atom. The van der Waals surface area contributed by atoms with Crippen molar-refractivity contribution < 1.29 is 28.6 Å². The average Bonchev–Trinajstić information content (AvgIpc) is 2.81. The lowest BCUT2D eigenvalue weighted by molar-refractivity contribution is -0.142. The van der Waals surface area contributed by atoms with Crippen molar-refractivity contribution in [3.63, 3.8) is 0 Å². The van der Waals surface area contributed by atoms with Gasteiger partial charge in [-0.25, -0.2) is 4.79 Å². The van der Waals surface area contributed by atoms with Crippen LogP contribution in [-0.2, 0) is 26.8 Å². The molecule has 0 saturated carbocycles. The van der Waals surface area contributed by atoms with E-state index in [4.69, 9.17) is 13.9 Å². The van der Waals surface area contributed by atoms with Gasteiger partial charge in [0.05, 0.1) is 25.2 Å². The number of aliphatic carboxylic acids is 1. The van der Waals surface area contributed by atoms with Crippen LogP contribution in [0.3, 0.4) is 0 Å². The molecule has 8 heteroatoms. The summed E-state index contributed by atoms with van der Waals surface area (Å²) in [6, 6.07) is 16.8. The molecule has 0 aliphatic carbocycles. The number of methoxy groups -OCH3 is 1. The van der Waals surface area contributed by atoms with E-state index in [1.54, 1.807) is 7.11 Å². The van der Waals surface area contributed by atoms with Crippen LogP contribution in [0, 0.1) is 5.92 Å². The second-order valence-electron chi connectivity index (χ2n) is 12.7. The molecule has 0 aliphatic rings. The summed E-state index contributed by atoms with van der Waals surface area (Å²) in [6.07, 6.45) is -0.0383. The first-order valence-corrected chi connectivity index (χ1v) is 16.5. The summed E-state index contributed by atoms with van der Waals surface area (Å²) in [5.74, 6) is -0.897. The van der Waals surface area contributed by atoms with Gasteiger partial charge in [-0.05, 0) is 81.4 Å². The number of carbonyl (C=O) groups excluding carboxylic acids is 1. The molecule has 2 N–H and O–H groups in total. The number of ether oxygens (including phenoxy) is 2. The van der Waals surface area contributed by atoms with E-state index in [1.807, 2.05) is 75.4 Å². The van der Waals surface area contributed by atoms with E-state index in [2.05, 4.69) is 39.2 Å². The van der Waals surface area contributed by atoms with Crippen LogP contribution in [0.5, 0.6) is 5.75 Å². The standard InChI is InChI=1S/C31H47NO6Si/c1-30(2,3)37-29(35)32-26(20-22-13-11-10-12-14-22)27(38-39(8,9)31(4,5)6)21-24(28(33)34)19-23-15-17-25(36-7)18-16-23/h10-18,24,26-27H,19-21H2,1-9H3,(H,32,35)(H,33,34)/t24-,26+,27+/m1/s1. The SMILES string of the molecule is COc1ccc(C[C@H](C[C@H](O[Si](C)(C)C(C)(C)C)[C@H](Cc2ccccc2)NC(=O)OC(C)(C)C)C(=O)O)cc1. The maximum absolute atomic E-state index is 13.0. The first-order valence-electron chi connectivity index (χ1n) is 13.6. The number of nitrogens with one attached hydrogen (secondary N) is 1. The van der Waals surface area contributed by atoms with E-state index in [0.717, 1.165) is 11.1 Å². The highest BCUT2D eigenvalue weighted by molar-refractivity contribution is 6.74. The molecule has 0 fully saturated rings. The molecule has 2 aromatic rings. The minimum Gasteiger partial charge on any atom is -0.497 e. The fraction of sp³-hybridized carbons (Fsp3) is 0.548. The highest BCUT2D eigenvalue weighted by Crippen LogP contribution is 2.39. The number of carbonyl (C=O) groups is 2. The van der Waals surface area contributed by atoms with Gasteiger partial charge < -0.3 is 24.3 Å². The lowest BCUT2D eigenvalue weighted by Gasteiger charge is -2.42. The van der Waals surface area contributed by atoms with E-state index < -0.39 is 44.0 Å². The summed E-state index contributed by atoms with van der Waals surface area (Å²) < 4.78 is 17.8. The summed E-state index contributed by atoms with van der Waals surface area (Å²) >= 11 is 0. The molecule has 216 valence electrons. The van der Waals surface area contributed by atoms with Gasteiger partial charge in [0.25, 0.3) is 0 Å². The molecule has 3 atom stereocenters. The van der Waals surface area contributed by atoms with Crippen molar-refractivity contribution in [2.24, 2.45) is 5.92 Å². The molecule has 2 aromatic carbocycles. The van der Waals surface area contributed by atoms with Crippen molar-refractivity contribution in [2.75, 3.05) is 7.11 Å². The van der Waals surface area contributed by atoms with Crippen LogP contribution in [0.25, 0.3) is 0 Å². The molecule has 0 aromatic heterocycles. The molecular weight excluding hydrogens is 510 g/mol. The second kappa shape index (κ2) is 13.5. The molecule has 0 radical (unpaired) electrons. The van der Waals surface area contributed by atoms with Crippen LogP contribution in [0.4, 0.5) is 4.79 Å². The third-order valence-corrected chi connectivity index (χ3v) is 11.7. The first-order chi connectivity index (χ1) is 18.0. The first kappa shape index (κ1) is 32.4. The van der Waals surface area contributed by atoms with Gasteiger partial charge in [-0.15, -0.1) is 0 Å². The van der Waals surface area contributed by atoms with Crippen LogP contribution in [0.2, 0.25) is 18.1 Å². The molecule has 0 unspecified atom stereocenters. The van der Waals surface area contributed by atoms with Crippen LogP contribution in [-0.4, -0.2) is 50.3 Å². The highest BCUT2D eigenvalue weighted by Gasteiger charge is 2.42. The van der Waals surface area contributed by atoms with Crippen LogP contribution in [0.1, 0.15) is 59.1 Å². The molecule has 0 spiro atoms. The zero-order chi connectivity index (χ0) is 29.4. The largest absolute Gasteiger partial charge is 0.497 e. The second-order valence-corrected chi connectivity index (χ2v) is 17.4. The monoisotopic (exact) mass is 557 g/mol. The zero-order valence-corrected chi connectivity index (χ0v) is 26.0. The number of rotatable bonds is 12. The third kappa shape index (κ3) is 10.7. The minimum atomic E-state index is -2.35.